The van der Waals surface area contributed by atoms with Crippen molar-refractivity contribution >= 4 is 0 Å². The van der Waals surface area contributed by atoms with Crippen LogP contribution >= 0.6 is 0 Å². The molecule has 0 aliphatic carbocycles. The summed E-state index contributed by atoms with van der Waals surface area (Å²) in [6.45, 7) is 8.36. The number of methoxy groups -OCH3 is 1. The minimum Gasteiger partial charge on any atom is -0.385 e. The molecule has 0 amide bonds. The summed E-state index contributed by atoms with van der Waals surface area (Å²) in [5.74, 6) is 0. The largest absolute Gasteiger partial charge is 0.385 e. The minimum atomic E-state index is 0.135. The van der Waals surface area contributed by atoms with Gasteiger partial charge < -0.3 is 15.2 Å². The number of hydrogen-bond acceptors (Lipinski definition) is 4. The zero-order chi connectivity index (χ0) is 13.1. The van der Waals surface area contributed by atoms with Crippen molar-refractivity contribution < 1.29 is 9.47 Å². The third-order valence-electron chi connectivity index (χ3n) is 3.71. The molecule has 0 aromatic heterocycles. The van der Waals surface area contributed by atoms with Crippen molar-refractivity contribution in [1.82, 2.24) is 4.90 Å². The van der Waals surface area contributed by atoms with E-state index in [4.69, 9.17) is 15.2 Å². The number of hydrogen-bond donors (Lipinski definition) is 1. The first-order valence-corrected chi connectivity index (χ1v) is 6.64. The summed E-state index contributed by atoms with van der Waals surface area (Å²) in [4.78, 5) is 2.34. The van der Waals surface area contributed by atoms with Crippen molar-refractivity contribution in [2.24, 2.45) is 5.73 Å². The Morgan fingerprint density at radius 1 is 1.12 bits per heavy atom. The topological polar surface area (TPSA) is 47.7 Å². The third kappa shape index (κ3) is 5.82. The summed E-state index contributed by atoms with van der Waals surface area (Å²) in [7, 11) is 3.85. The molecule has 0 aromatic carbocycles. The van der Waals surface area contributed by atoms with Crippen LogP contribution in [0, 0.1) is 0 Å². The molecule has 0 aliphatic rings. The molecule has 0 aliphatic heterocycles. The fraction of sp³-hybridized carbons (Fsp3) is 1.00. The van der Waals surface area contributed by atoms with Gasteiger partial charge in [0, 0.05) is 39.0 Å². The van der Waals surface area contributed by atoms with Crippen LogP contribution in [0.2, 0.25) is 0 Å². The monoisotopic (exact) mass is 246 g/mol. The molecule has 0 unspecified atom stereocenters. The lowest BCUT2D eigenvalue weighted by Crippen LogP contribution is -2.52. The first kappa shape index (κ1) is 16.8. The van der Waals surface area contributed by atoms with Gasteiger partial charge in [0.05, 0.1) is 6.61 Å². The van der Waals surface area contributed by atoms with Gasteiger partial charge in [-0.3, -0.25) is 4.90 Å². The first-order chi connectivity index (χ1) is 8.16. The smallest absolute Gasteiger partial charge is 0.0593 e. The molecule has 0 saturated carbocycles. The maximum absolute atomic E-state index is 5.90. The van der Waals surface area contributed by atoms with Crippen LogP contribution in [-0.4, -0.2) is 57.5 Å². The van der Waals surface area contributed by atoms with Gasteiger partial charge in [0.2, 0.25) is 0 Å². The van der Waals surface area contributed by atoms with Crippen LogP contribution in [-0.2, 0) is 9.47 Å². The number of rotatable bonds is 11. The van der Waals surface area contributed by atoms with Crippen LogP contribution < -0.4 is 5.73 Å². The van der Waals surface area contributed by atoms with Gasteiger partial charge >= 0.3 is 0 Å². The summed E-state index contributed by atoms with van der Waals surface area (Å²) in [5, 5.41) is 0. The molecule has 104 valence electrons. The van der Waals surface area contributed by atoms with Crippen molar-refractivity contribution in [1.29, 1.82) is 0 Å². The zero-order valence-electron chi connectivity index (χ0n) is 12.0. The second kappa shape index (κ2) is 9.83. The van der Waals surface area contributed by atoms with E-state index in [9.17, 15) is 0 Å². The molecular weight excluding hydrogens is 216 g/mol. The normalized spacial score (nSPS) is 12.4. The molecule has 4 nitrogen and oxygen atoms in total. The second-order valence-electron chi connectivity index (χ2n) is 4.52. The highest BCUT2D eigenvalue weighted by Crippen LogP contribution is 2.20. The lowest BCUT2D eigenvalue weighted by atomic mass is 9.91. The number of likely N-dealkylation sites (N-methyl/N-ethyl adjacent to an activating group) is 1. The Kier molecular flexibility index (Phi) is 9.74. The molecule has 0 saturated heterocycles. The van der Waals surface area contributed by atoms with Crippen LogP contribution in [0.3, 0.4) is 0 Å². The van der Waals surface area contributed by atoms with Gasteiger partial charge in [-0.15, -0.1) is 0 Å². The van der Waals surface area contributed by atoms with Crippen molar-refractivity contribution in [3.8, 4) is 0 Å². The maximum Gasteiger partial charge on any atom is 0.0593 e. The van der Waals surface area contributed by atoms with E-state index in [2.05, 4.69) is 25.8 Å². The average Bonchev–Trinajstić information content (AvgIpc) is 2.36. The van der Waals surface area contributed by atoms with Crippen molar-refractivity contribution in [3.05, 3.63) is 0 Å². The molecule has 0 aromatic rings. The second-order valence-corrected chi connectivity index (χ2v) is 4.52. The molecule has 0 spiro atoms. The quantitative estimate of drug-likeness (QED) is 0.561. The number of ether oxygens (including phenoxy) is 2. The van der Waals surface area contributed by atoms with Gasteiger partial charge in [-0.2, -0.15) is 0 Å². The maximum atomic E-state index is 5.90. The Bertz CT molecular complexity index is 165. The lowest BCUT2D eigenvalue weighted by Gasteiger charge is -2.40. The van der Waals surface area contributed by atoms with E-state index in [1.807, 2.05) is 0 Å². The van der Waals surface area contributed by atoms with Crippen molar-refractivity contribution in [2.45, 2.75) is 38.6 Å². The molecule has 4 heteroatoms. The van der Waals surface area contributed by atoms with Gasteiger partial charge in [0.15, 0.2) is 0 Å². The fourth-order valence-corrected chi connectivity index (χ4v) is 2.08. The predicted octanol–water partition coefficient (Wildman–Crippen LogP) is 1.49. The average molecular weight is 246 g/mol. The van der Waals surface area contributed by atoms with Gasteiger partial charge in [-0.1, -0.05) is 13.8 Å². The highest BCUT2D eigenvalue weighted by Gasteiger charge is 2.28. The van der Waals surface area contributed by atoms with Crippen molar-refractivity contribution in [2.75, 3.05) is 47.1 Å². The highest BCUT2D eigenvalue weighted by atomic mass is 16.5. The fourth-order valence-electron chi connectivity index (χ4n) is 2.08. The molecular formula is C13H30N2O2. The molecule has 0 rings (SSSR count). The first-order valence-electron chi connectivity index (χ1n) is 6.64. The predicted molar refractivity (Wildman–Crippen MR) is 72.3 cm³/mol. The Morgan fingerprint density at radius 2 is 1.76 bits per heavy atom. The van der Waals surface area contributed by atoms with Gasteiger partial charge in [0.25, 0.3) is 0 Å². The molecule has 17 heavy (non-hydrogen) atoms. The summed E-state index contributed by atoms with van der Waals surface area (Å²) < 4.78 is 10.5. The SMILES string of the molecule is CCC(CC)(CN)N(C)CCOCCCOC. The van der Waals surface area contributed by atoms with Crippen LogP contribution in [0.4, 0.5) is 0 Å². The Labute approximate surface area is 106 Å². The minimum absolute atomic E-state index is 0.135. The molecule has 0 fully saturated rings. The van der Waals surface area contributed by atoms with Crippen molar-refractivity contribution in [3.63, 3.8) is 0 Å². The van der Waals surface area contributed by atoms with Gasteiger partial charge in [-0.25, -0.2) is 0 Å². The third-order valence-corrected chi connectivity index (χ3v) is 3.71. The van der Waals surface area contributed by atoms with Crippen LogP contribution in [0.1, 0.15) is 33.1 Å². The van der Waals surface area contributed by atoms with Crippen LogP contribution in [0.5, 0.6) is 0 Å². The van der Waals surface area contributed by atoms with E-state index >= 15 is 0 Å². The Hall–Kier alpha value is -0.160. The standard InChI is InChI=1S/C13H30N2O2/c1-5-13(6-2,12-14)15(3)8-11-17-10-7-9-16-4/h5-12,14H2,1-4H3. The van der Waals surface area contributed by atoms with Gasteiger partial charge in [-0.05, 0) is 26.3 Å². The summed E-state index contributed by atoms with van der Waals surface area (Å²) >= 11 is 0. The number of nitrogens with zero attached hydrogens (tertiary/aromatic N) is 1. The lowest BCUT2D eigenvalue weighted by molar-refractivity contribution is 0.0506. The zero-order valence-corrected chi connectivity index (χ0v) is 12.0. The molecule has 0 atom stereocenters. The highest BCUT2D eigenvalue weighted by molar-refractivity contribution is 4.87. The molecule has 0 bridgehead atoms. The Morgan fingerprint density at radius 3 is 2.24 bits per heavy atom. The summed E-state index contributed by atoms with van der Waals surface area (Å²) in [6, 6.07) is 0. The van der Waals surface area contributed by atoms with E-state index < -0.39 is 0 Å². The summed E-state index contributed by atoms with van der Waals surface area (Å²) in [6.07, 6.45) is 3.13. The van der Waals surface area contributed by atoms with Crippen LogP contribution in [0.25, 0.3) is 0 Å². The summed E-state index contributed by atoms with van der Waals surface area (Å²) in [5.41, 5.74) is 6.04. The molecule has 0 radical (unpaired) electrons. The number of nitrogens with two attached hydrogens (primary N) is 1. The van der Waals surface area contributed by atoms with Gasteiger partial charge in [0.1, 0.15) is 0 Å². The molecule has 2 N–H and O–H groups in total. The van der Waals surface area contributed by atoms with E-state index in [0.717, 1.165) is 45.6 Å². The molecule has 0 heterocycles. The van der Waals surface area contributed by atoms with Crippen LogP contribution in [0.15, 0.2) is 0 Å². The Balaban J connectivity index is 3.79. The van der Waals surface area contributed by atoms with E-state index in [1.165, 1.54) is 0 Å². The van der Waals surface area contributed by atoms with E-state index in [0.29, 0.717) is 6.54 Å². The van der Waals surface area contributed by atoms with E-state index in [-0.39, 0.29) is 5.54 Å². The van der Waals surface area contributed by atoms with E-state index in [1.54, 1.807) is 7.11 Å².